The standard InChI is InChI=1S/C13H17NO4/c1-14(17-2)12(15)8-9-13(16)18-10-11-6-4-3-5-7-11/h3-7H,8-10H2,1-2H3. The smallest absolute Gasteiger partial charge is 0.306 e. The van der Waals surface area contributed by atoms with E-state index in [4.69, 9.17) is 9.57 Å². The van der Waals surface area contributed by atoms with Gasteiger partial charge in [0.2, 0.25) is 5.91 Å². The second-order valence-electron chi connectivity index (χ2n) is 3.72. The van der Waals surface area contributed by atoms with Crippen LogP contribution < -0.4 is 0 Å². The average molecular weight is 251 g/mol. The zero-order chi connectivity index (χ0) is 13.4. The molecule has 0 N–H and O–H groups in total. The zero-order valence-electron chi connectivity index (χ0n) is 10.6. The Morgan fingerprint density at radius 2 is 1.83 bits per heavy atom. The minimum Gasteiger partial charge on any atom is -0.461 e. The SMILES string of the molecule is CON(C)C(=O)CCC(=O)OCc1ccccc1. The van der Waals surface area contributed by atoms with Gasteiger partial charge in [0.15, 0.2) is 0 Å². The zero-order valence-corrected chi connectivity index (χ0v) is 10.6. The topological polar surface area (TPSA) is 55.8 Å². The Balaban J connectivity index is 2.24. The molecule has 0 spiro atoms. The van der Waals surface area contributed by atoms with Crippen LogP contribution in [0.4, 0.5) is 0 Å². The lowest BCUT2D eigenvalue weighted by Gasteiger charge is -2.12. The molecule has 1 amide bonds. The summed E-state index contributed by atoms with van der Waals surface area (Å²) in [6.07, 6.45) is 0.136. The van der Waals surface area contributed by atoms with E-state index in [1.165, 1.54) is 14.2 Å². The molecule has 0 radical (unpaired) electrons. The lowest BCUT2D eigenvalue weighted by molar-refractivity contribution is -0.170. The Hall–Kier alpha value is -1.88. The van der Waals surface area contributed by atoms with Gasteiger partial charge in [0, 0.05) is 13.5 Å². The molecular formula is C13H17NO4. The van der Waals surface area contributed by atoms with E-state index in [0.29, 0.717) is 0 Å². The van der Waals surface area contributed by atoms with Crippen molar-refractivity contribution in [3.63, 3.8) is 0 Å². The number of carbonyl (C=O) groups is 2. The van der Waals surface area contributed by atoms with Crippen LogP contribution in [0.1, 0.15) is 18.4 Å². The monoisotopic (exact) mass is 251 g/mol. The van der Waals surface area contributed by atoms with Crippen LogP contribution in [0.2, 0.25) is 0 Å². The molecule has 0 fully saturated rings. The first kappa shape index (κ1) is 14.2. The normalized spacial score (nSPS) is 9.89. The molecule has 0 atom stereocenters. The maximum Gasteiger partial charge on any atom is 0.306 e. The molecule has 0 unspecified atom stereocenters. The molecule has 0 bridgehead atoms. The van der Waals surface area contributed by atoms with Crippen LogP contribution in [0.25, 0.3) is 0 Å². The van der Waals surface area contributed by atoms with Crippen molar-refractivity contribution in [3.05, 3.63) is 35.9 Å². The first-order valence-corrected chi connectivity index (χ1v) is 5.63. The minimum atomic E-state index is -0.392. The van der Waals surface area contributed by atoms with Crippen molar-refractivity contribution >= 4 is 11.9 Å². The van der Waals surface area contributed by atoms with E-state index in [1.807, 2.05) is 30.3 Å². The molecule has 1 aromatic carbocycles. The summed E-state index contributed by atoms with van der Waals surface area (Å²) in [6.45, 7) is 0.230. The number of hydrogen-bond donors (Lipinski definition) is 0. The lowest BCUT2D eigenvalue weighted by Crippen LogP contribution is -2.25. The van der Waals surface area contributed by atoms with Gasteiger partial charge in [-0.15, -0.1) is 0 Å². The van der Waals surface area contributed by atoms with Crippen molar-refractivity contribution in [3.8, 4) is 0 Å². The fourth-order valence-corrected chi connectivity index (χ4v) is 1.28. The highest BCUT2D eigenvalue weighted by atomic mass is 16.7. The summed E-state index contributed by atoms with van der Waals surface area (Å²) in [4.78, 5) is 27.4. The van der Waals surface area contributed by atoms with Crippen LogP contribution in [0.3, 0.4) is 0 Å². The van der Waals surface area contributed by atoms with E-state index in [9.17, 15) is 9.59 Å². The van der Waals surface area contributed by atoms with E-state index < -0.39 is 5.97 Å². The number of carbonyl (C=O) groups excluding carboxylic acids is 2. The molecule has 98 valence electrons. The Labute approximate surface area is 106 Å². The fraction of sp³-hybridized carbons (Fsp3) is 0.385. The molecule has 0 aliphatic carbocycles. The van der Waals surface area contributed by atoms with Crippen molar-refractivity contribution in [2.75, 3.05) is 14.2 Å². The quantitative estimate of drug-likeness (QED) is 0.568. The molecule has 0 heterocycles. The number of hydroxylamine groups is 2. The Bertz CT molecular complexity index is 391. The predicted octanol–water partition coefficient (Wildman–Crippen LogP) is 1.53. The Morgan fingerprint density at radius 1 is 1.17 bits per heavy atom. The van der Waals surface area contributed by atoms with Gasteiger partial charge in [0.25, 0.3) is 0 Å². The van der Waals surface area contributed by atoms with Gasteiger partial charge < -0.3 is 4.74 Å². The van der Waals surface area contributed by atoms with Gasteiger partial charge in [-0.25, -0.2) is 5.06 Å². The van der Waals surface area contributed by atoms with Crippen molar-refractivity contribution in [1.82, 2.24) is 5.06 Å². The van der Waals surface area contributed by atoms with E-state index >= 15 is 0 Å². The maximum absolute atomic E-state index is 11.4. The molecule has 0 saturated heterocycles. The molecular weight excluding hydrogens is 234 g/mol. The van der Waals surface area contributed by atoms with Crippen molar-refractivity contribution < 1.29 is 19.2 Å². The molecule has 0 aromatic heterocycles. The number of hydrogen-bond acceptors (Lipinski definition) is 4. The van der Waals surface area contributed by atoms with Crippen molar-refractivity contribution in [2.24, 2.45) is 0 Å². The van der Waals surface area contributed by atoms with Crippen LogP contribution in [0, 0.1) is 0 Å². The summed E-state index contributed by atoms with van der Waals surface area (Å²) in [7, 11) is 2.89. The van der Waals surface area contributed by atoms with Gasteiger partial charge in [-0.1, -0.05) is 30.3 Å². The van der Waals surface area contributed by atoms with Crippen molar-refractivity contribution in [1.29, 1.82) is 0 Å². The van der Waals surface area contributed by atoms with Gasteiger partial charge in [-0.2, -0.15) is 0 Å². The van der Waals surface area contributed by atoms with E-state index in [2.05, 4.69) is 0 Å². The average Bonchev–Trinajstić information content (AvgIpc) is 2.42. The van der Waals surface area contributed by atoms with Gasteiger partial charge in [-0.3, -0.25) is 14.4 Å². The first-order chi connectivity index (χ1) is 8.63. The van der Waals surface area contributed by atoms with E-state index in [1.54, 1.807) is 0 Å². The first-order valence-electron chi connectivity index (χ1n) is 5.63. The van der Waals surface area contributed by atoms with Gasteiger partial charge in [0.1, 0.15) is 6.61 Å². The van der Waals surface area contributed by atoms with Crippen LogP contribution >= 0.6 is 0 Å². The maximum atomic E-state index is 11.4. The van der Waals surface area contributed by atoms with Crippen LogP contribution in [0.5, 0.6) is 0 Å². The number of ether oxygens (including phenoxy) is 1. The summed E-state index contributed by atoms with van der Waals surface area (Å²) in [6, 6.07) is 9.39. The summed E-state index contributed by atoms with van der Waals surface area (Å²) >= 11 is 0. The van der Waals surface area contributed by atoms with Gasteiger partial charge in [-0.05, 0) is 5.56 Å². The third-order valence-corrected chi connectivity index (χ3v) is 2.41. The van der Waals surface area contributed by atoms with Crippen molar-refractivity contribution in [2.45, 2.75) is 19.4 Å². The molecule has 18 heavy (non-hydrogen) atoms. The predicted molar refractivity (Wildman–Crippen MR) is 65.3 cm³/mol. The summed E-state index contributed by atoms with van der Waals surface area (Å²) in [5, 5.41) is 1.09. The van der Waals surface area contributed by atoms with Crippen LogP contribution in [-0.4, -0.2) is 31.1 Å². The second kappa shape index (κ2) is 7.45. The number of rotatable bonds is 6. The van der Waals surface area contributed by atoms with Gasteiger partial charge in [0.05, 0.1) is 13.5 Å². The lowest BCUT2D eigenvalue weighted by atomic mass is 10.2. The molecule has 0 aliphatic rings. The minimum absolute atomic E-state index is 0.0549. The molecule has 5 nitrogen and oxygen atoms in total. The summed E-state index contributed by atoms with van der Waals surface area (Å²) in [5.41, 5.74) is 0.922. The van der Waals surface area contributed by atoms with Crippen LogP contribution in [-0.2, 0) is 25.8 Å². The third-order valence-electron chi connectivity index (χ3n) is 2.41. The number of esters is 1. The van der Waals surface area contributed by atoms with E-state index in [0.717, 1.165) is 10.6 Å². The number of nitrogens with zero attached hydrogens (tertiary/aromatic N) is 1. The molecule has 0 aliphatic heterocycles. The highest BCUT2D eigenvalue weighted by Crippen LogP contribution is 2.03. The third kappa shape index (κ3) is 4.97. The molecule has 5 heteroatoms. The fourth-order valence-electron chi connectivity index (χ4n) is 1.28. The summed E-state index contributed by atoms with van der Waals surface area (Å²) in [5.74, 6) is -0.647. The highest BCUT2D eigenvalue weighted by molar-refractivity contribution is 5.80. The number of benzene rings is 1. The second-order valence-corrected chi connectivity index (χ2v) is 3.72. The Kier molecular flexibility index (Phi) is 5.87. The largest absolute Gasteiger partial charge is 0.461 e. The summed E-state index contributed by atoms with van der Waals surface area (Å²) < 4.78 is 5.04. The highest BCUT2D eigenvalue weighted by Gasteiger charge is 2.11. The number of amides is 1. The Morgan fingerprint density at radius 3 is 2.44 bits per heavy atom. The van der Waals surface area contributed by atoms with Crippen LogP contribution in [0.15, 0.2) is 30.3 Å². The molecule has 1 aromatic rings. The molecule has 1 rings (SSSR count). The van der Waals surface area contributed by atoms with Gasteiger partial charge >= 0.3 is 5.97 Å². The van der Waals surface area contributed by atoms with E-state index in [-0.39, 0.29) is 25.4 Å². The molecule has 0 saturated carbocycles.